The predicted octanol–water partition coefficient (Wildman–Crippen LogP) is 6.46. The van der Waals surface area contributed by atoms with E-state index in [4.69, 9.17) is 14.5 Å². The number of aromatic hydroxyl groups is 1. The van der Waals surface area contributed by atoms with Gasteiger partial charge in [-0.05, 0) is 84.8 Å². The summed E-state index contributed by atoms with van der Waals surface area (Å²) in [6.45, 7) is 4.08. The fraction of sp³-hybridized carbons (Fsp3) is 0.471. The average molecular weight is 623 g/mol. The van der Waals surface area contributed by atoms with Crippen molar-refractivity contribution < 1.29 is 32.1 Å². The summed E-state index contributed by atoms with van der Waals surface area (Å²) < 4.78 is 74.7. The molecule has 0 radical (unpaired) electrons. The first kappa shape index (κ1) is 28.8. The molecule has 5 heterocycles. The number of fused-ring (bicyclic) bond motifs is 5. The van der Waals surface area contributed by atoms with Gasteiger partial charge in [0.2, 0.25) is 0 Å². The van der Waals surface area contributed by atoms with Gasteiger partial charge in [-0.25, -0.2) is 17.6 Å². The second kappa shape index (κ2) is 10.7. The summed E-state index contributed by atoms with van der Waals surface area (Å²) in [6.07, 6.45) is 3.16. The van der Waals surface area contributed by atoms with Crippen molar-refractivity contribution in [3.8, 4) is 22.9 Å². The first-order chi connectivity index (χ1) is 21.7. The number of hydrogen-bond donors (Lipinski definition) is 1. The summed E-state index contributed by atoms with van der Waals surface area (Å²) in [7, 11) is 0. The molecule has 11 heteroatoms. The average Bonchev–Trinajstić information content (AvgIpc) is 3.66. The Balaban J connectivity index is 1.30. The molecule has 4 aliphatic rings. The number of ether oxygens (including phenoxy) is 2. The molecule has 4 aromatic rings. The Morgan fingerprint density at radius 2 is 1.84 bits per heavy atom. The summed E-state index contributed by atoms with van der Waals surface area (Å²) in [6, 6.07) is 6.62. The first-order valence-corrected chi connectivity index (χ1v) is 15.8. The molecular formula is C34H34F4N4O3. The number of hydrogen-bond acceptors (Lipinski definition) is 7. The number of phenols is 1. The Morgan fingerprint density at radius 1 is 1.04 bits per heavy atom. The van der Waals surface area contributed by atoms with Gasteiger partial charge in [-0.1, -0.05) is 13.0 Å². The van der Waals surface area contributed by atoms with Gasteiger partial charge in [-0.2, -0.15) is 9.97 Å². The summed E-state index contributed by atoms with van der Waals surface area (Å²) in [5.74, 6) is -2.20. The van der Waals surface area contributed by atoms with Crippen LogP contribution in [0.2, 0.25) is 0 Å². The molecule has 8 rings (SSSR count). The lowest BCUT2D eigenvalue weighted by molar-refractivity contribution is 0.0302. The van der Waals surface area contributed by atoms with E-state index >= 15 is 8.78 Å². The molecule has 1 N–H and O–H groups in total. The fourth-order valence-corrected chi connectivity index (χ4v) is 8.19. The van der Waals surface area contributed by atoms with E-state index in [1.807, 2.05) is 4.90 Å². The van der Waals surface area contributed by atoms with Crippen molar-refractivity contribution in [2.45, 2.75) is 69.4 Å². The van der Waals surface area contributed by atoms with Crippen molar-refractivity contribution in [1.29, 1.82) is 0 Å². The predicted molar refractivity (Wildman–Crippen MR) is 162 cm³/mol. The van der Waals surface area contributed by atoms with Crippen LogP contribution in [0.25, 0.3) is 32.8 Å². The molecule has 0 spiro atoms. The Labute approximate surface area is 257 Å². The second-order valence-electron chi connectivity index (χ2n) is 13.0. The van der Waals surface area contributed by atoms with E-state index in [2.05, 4.69) is 9.88 Å². The number of nitrogens with zero attached hydrogens (tertiary/aromatic N) is 4. The number of halogens is 4. The monoisotopic (exact) mass is 622 g/mol. The number of aromatic nitrogens is 2. The third-order valence-corrected chi connectivity index (χ3v) is 10.2. The number of morpholine rings is 1. The zero-order chi connectivity index (χ0) is 31.0. The van der Waals surface area contributed by atoms with Crippen LogP contribution in [-0.2, 0) is 11.2 Å². The van der Waals surface area contributed by atoms with Crippen molar-refractivity contribution in [3.63, 3.8) is 0 Å². The van der Waals surface area contributed by atoms with Crippen LogP contribution in [0.15, 0.2) is 30.3 Å². The van der Waals surface area contributed by atoms with Crippen molar-refractivity contribution >= 4 is 27.5 Å². The smallest absolute Gasteiger partial charge is 0.319 e. The zero-order valence-corrected chi connectivity index (χ0v) is 25.0. The fourth-order valence-electron chi connectivity index (χ4n) is 8.19. The summed E-state index contributed by atoms with van der Waals surface area (Å²) in [4.78, 5) is 13.3. The van der Waals surface area contributed by atoms with Crippen LogP contribution in [0, 0.1) is 17.5 Å². The van der Waals surface area contributed by atoms with Crippen molar-refractivity contribution in [1.82, 2.24) is 14.9 Å². The molecule has 2 bridgehead atoms. The van der Waals surface area contributed by atoms with Crippen LogP contribution in [0.5, 0.6) is 11.8 Å². The van der Waals surface area contributed by atoms with Gasteiger partial charge in [0.15, 0.2) is 5.82 Å². The topological polar surface area (TPSA) is 71.0 Å². The number of anilines is 1. The zero-order valence-electron chi connectivity index (χ0n) is 25.0. The van der Waals surface area contributed by atoms with E-state index in [1.165, 1.54) is 30.3 Å². The Morgan fingerprint density at radius 3 is 2.62 bits per heavy atom. The van der Waals surface area contributed by atoms with Crippen LogP contribution in [0.4, 0.5) is 23.4 Å². The minimum atomic E-state index is -0.960. The summed E-state index contributed by atoms with van der Waals surface area (Å²) in [5, 5.41) is 11.5. The highest BCUT2D eigenvalue weighted by Gasteiger charge is 2.49. The minimum absolute atomic E-state index is 0.0148. The van der Waals surface area contributed by atoms with Crippen LogP contribution < -0.4 is 9.64 Å². The van der Waals surface area contributed by atoms with Crippen LogP contribution >= 0.6 is 0 Å². The van der Waals surface area contributed by atoms with Gasteiger partial charge in [0.1, 0.15) is 41.5 Å². The molecule has 4 fully saturated rings. The maximum Gasteiger partial charge on any atom is 0.319 e. The lowest BCUT2D eigenvalue weighted by atomic mass is 9.91. The van der Waals surface area contributed by atoms with Crippen LogP contribution in [0.3, 0.4) is 0 Å². The third-order valence-electron chi connectivity index (χ3n) is 10.2. The number of rotatable bonds is 6. The van der Waals surface area contributed by atoms with Crippen LogP contribution in [0.1, 0.15) is 44.6 Å². The van der Waals surface area contributed by atoms with Crippen LogP contribution in [-0.4, -0.2) is 76.7 Å². The molecule has 0 unspecified atom stereocenters. The Bertz CT molecular complexity index is 1830. The van der Waals surface area contributed by atoms with Crippen molar-refractivity contribution in [2.24, 2.45) is 0 Å². The maximum absolute atomic E-state index is 16.8. The Kier molecular flexibility index (Phi) is 6.83. The summed E-state index contributed by atoms with van der Waals surface area (Å²) in [5.41, 5.74) is -0.708. The SMILES string of the molecule is CCc1c(F)ccc2cc(O)cc(-c3c(F)cc4c(N5C[C@H]6CC[C@@H](C5)O6)nc(OC[C@@]56CCCN5C[C@H](F)C6)nc4c3F)c12. The van der Waals surface area contributed by atoms with E-state index in [9.17, 15) is 13.9 Å². The van der Waals surface area contributed by atoms with Gasteiger partial charge in [-0.3, -0.25) is 4.90 Å². The number of alkyl halides is 1. The molecule has 4 saturated heterocycles. The van der Waals surface area contributed by atoms with E-state index in [1.54, 1.807) is 6.92 Å². The van der Waals surface area contributed by atoms with Gasteiger partial charge in [0.25, 0.3) is 0 Å². The molecule has 4 aliphatic heterocycles. The highest BCUT2D eigenvalue weighted by Crippen LogP contribution is 2.44. The molecule has 236 valence electrons. The molecule has 3 aromatic carbocycles. The van der Waals surface area contributed by atoms with E-state index in [0.717, 1.165) is 32.2 Å². The molecular weight excluding hydrogens is 588 g/mol. The number of benzene rings is 3. The van der Waals surface area contributed by atoms with Gasteiger partial charge in [0.05, 0.1) is 23.3 Å². The van der Waals surface area contributed by atoms with E-state index < -0.39 is 34.7 Å². The van der Waals surface area contributed by atoms with Crippen molar-refractivity contribution in [2.75, 3.05) is 37.7 Å². The largest absolute Gasteiger partial charge is 0.508 e. The lowest BCUT2D eigenvalue weighted by Crippen LogP contribution is -2.44. The molecule has 4 atom stereocenters. The normalized spacial score (nSPS) is 26.3. The van der Waals surface area contributed by atoms with Gasteiger partial charge in [0, 0.05) is 31.4 Å². The quantitative estimate of drug-likeness (QED) is 0.248. The van der Waals surface area contributed by atoms with Gasteiger partial charge < -0.3 is 19.5 Å². The number of phenolic OH excluding ortho intramolecular Hbond substituents is 1. The van der Waals surface area contributed by atoms with E-state index in [-0.39, 0.29) is 53.5 Å². The minimum Gasteiger partial charge on any atom is -0.508 e. The first-order valence-electron chi connectivity index (χ1n) is 15.8. The molecule has 0 saturated carbocycles. The summed E-state index contributed by atoms with van der Waals surface area (Å²) >= 11 is 0. The molecule has 45 heavy (non-hydrogen) atoms. The standard InChI is InChI=1S/C34H34F4N4O3/c1-2-23-26(36)7-4-18-10-20(43)11-24(28(18)23)29-27(37)12-25-31(30(29)38)39-33(40-32(25)41-15-21-5-6-22(16-41)45-21)44-17-34-8-3-9-42(34)14-19(35)13-34/h4,7,10-12,19,21-22,43H,2-3,5-6,8-9,13-17H2,1H3/t19-,21-,22+,34+/m1/s1. The van der Waals surface area contributed by atoms with Gasteiger partial charge in [-0.15, -0.1) is 0 Å². The highest BCUT2D eigenvalue weighted by molar-refractivity contribution is 6.03. The third kappa shape index (κ3) is 4.69. The highest BCUT2D eigenvalue weighted by atomic mass is 19.1. The molecule has 0 amide bonds. The Hall–Kier alpha value is -3.70. The lowest BCUT2D eigenvalue weighted by Gasteiger charge is -2.34. The molecule has 1 aromatic heterocycles. The molecule has 0 aliphatic carbocycles. The van der Waals surface area contributed by atoms with Crippen molar-refractivity contribution in [3.05, 3.63) is 53.3 Å². The van der Waals surface area contributed by atoms with Gasteiger partial charge >= 0.3 is 6.01 Å². The molecule has 7 nitrogen and oxygen atoms in total. The second-order valence-corrected chi connectivity index (χ2v) is 13.0. The van der Waals surface area contributed by atoms with E-state index in [0.29, 0.717) is 48.2 Å². The number of aryl methyl sites for hydroxylation is 1. The maximum atomic E-state index is 16.8.